The van der Waals surface area contributed by atoms with Gasteiger partial charge in [-0.05, 0) is 13.0 Å². The molecule has 0 radical (unpaired) electrons. The summed E-state index contributed by atoms with van der Waals surface area (Å²) in [5.41, 5.74) is 0.766. The number of methoxy groups -OCH3 is 1. The number of ether oxygens (including phenoxy) is 1. The van der Waals surface area contributed by atoms with E-state index in [4.69, 9.17) is 9.84 Å². The van der Waals surface area contributed by atoms with Gasteiger partial charge in [0.05, 0.1) is 13.7 Å². The lowest BCUT2D eigenvalue weighted by Crippen LogP contribution is -2.22. The predicted molar refractivity (Wildman–Crippen MR) is 58.2 cm³/mol. The second kappa shape index (κ2) is 5.58. The van der Waals surface area contributed by atoms with Crippen LogP contribution in [0.2, 0.25) is 0 Å². The number of rotatable bonds is 5. The van der Waals surface area contributed by atoms with Gasteiger partial charge in [-0.25, -0.2) is 0 Å². The number of benzene rings is 1. The Kier molecular flexibility index (Phi) is 4.39. The molecule has 3 N–H and O–H groups in total. The van der Waals surface area contributed by atoms with Gasteiger partial charge >= 0.3 is 0 Å². The molecule has 1 aromatic rings. The lowest BCUT2D eigenvalue weighted by Gasteiger charge is -2.16. The van der Waals surface area contributed by atoms with E-state index in [0.29, 0.717) is 12.3 Å². The van der Waals surface area contributed by atoms with Crippen LogP contribution >= 0.6 is 0 Å². The van der Waals surface area contributed by atoms with E-state index in [2.05, 4.69) is 5.32 Å². The molecule has 0 saturated carbocycles. The third-order valence-electron chi connectivity index (χ3n) is 2.28. The van der Waals surface area contributed by atoms with E-state index >= 15 is 0 Å². The van der Waals surface area contributed by atoms with Crippen molar-refractivity contribution in [3.05, 3.63) is 23.8 Å². The Morgan fingerprint density at radius 2 is 2.20 bits per heavy atom. The number of hydrogen-bond donors (Lipinski definition) is 3. The van der Waals surface area contributed by atoms with Crippen molar-refractivity contribution in [3.63, 3.8) is 0 Å². The molecule has 4 heteroatoms. The van der Waals surface area contributed by atoms with Crippen molar-refractivity contribution < 1.29 is 14.9 Å². The first-order valence-electron chi connectivity index (χ1n) is 4.90. The van der Waals surface area contributed by atoms with Crippen LogP contribution in [0.15, 0.2) is 18.2 Å². The Hall–Kier alpha value is -1.26. The molecule has 0 saturated heterocycles. The Labute approximate surface area is 89.5 Å². The Balaban J connectivity index is 2.83. The van der Waals surface area contributed by atoms with Gasteiger partial charge in [0, 0.05) is 18.2 Å². The molecule has 15 heavy (non-hydrogen) atoms. The average molecular weight is 211 g/mol. The fourth-order valence-electron chi connectivity index (χ4n) is 1.44. The third kappa shape index (κ3) is 2.84. The number of para-hydroxylation sites is 1. The molecule has 84 valence electrons. The largest absolute Gasteiger partial charge is 0.504 e. The van der Waals surface area contributed by atoms with Crippen LogP contribution in [-0.4, -0.2) is 30.5 Å². The number of phenols is 1. The SMILES string of the molecule is COc1cccc(C(C)NCCO)c1O. The summed E-state index contributed by atoms with van der Waals surface area (Å²) >= 11 is 0. The van der Waals surface area contributed by atoms with Crippen LogP contribution in [0.3, 0.4) is 0 Å². The van der Waals surface area contributed by atoms with E-state index < -0.39 is 0 Å². The molecule has 0 bridgehead atoms. The zero-order valence-corrected chi connectivity index (χ0v) is 9.03. The van der Waals surface area contributed by atoms with Crippen LogP contribution in [0.4, 0.5) is 0 Å². The predicted octanol–water partition coefficient (Wildman–Crippen LogP) is 1.04. The number of aliphatic hydroxyl groups excluding tert-OH is 1. The van der Waals surface area contributed by atoms with E-state index in [1.807, 2.05) is 19.1 Å². The van der Waals surface area contributed by atoms with Crippen LogP contribution in [0.5, 0.6) is 11.5 Å². The Bertz CT molecular complexity index is 315. The standard InChI is InChI=1S/C11H17NO3/c1-8(12-6-7-13)9-4-3-5-10(15-2)11(9)14/h3-5,8,12-14H,6-7H2,1-2H3. The van der Waals surface area contributed by atoms with Gasteiger partial charge < -0.3 is 20.3 Å². The van der Waals surface area contributed by atoms with Gasteiger partial charge in [-0.1, -0.05) is 12.1 Å². The molecule has 1 atom stereocenters. The van der Waals surface area contributed by atoms with E-state index in [0.717, 1.165) is 5.56 Å². The molecular formula is C11H17NO3. The number of aromatic hydroxyl groups is 1. The third-order valence-corrected chi connectivity index (χ3v) is 2.28. The highest BCUT2D eigenvalue weighted by molar-refractivity contribution is 5.46. The molecule has 0 spiro atoms. The highest BCUT2D eigenvalue weighted by Gasteiger charge is 2.12. The van der Waals surface area contributed by atoms with Crippen LogP contribution < -0.4 is 10.1 Å². The number of nitrogens with one attached hydrogen (secondary N) is 1. The number of hydrogen-bond acceptors (Lipinski definition) is 4. The van der Waals surface area contributed by atoms with Crippen molar-refractivity contribution in [2.75, 3.05) is 20.3 Å². The molecule has 0 aliphatic heterocycles. The van der Waals surface area contributed by atoms with Gasteiger partial charge in [-0.15, -0.1) is 0 Å². The molecule has 0 aromatic heterocycles. The second-order valence-electron chi connectivity index (χ2n) is 3.30. The highest BCUT2D eigenvalue weighted by atomic mass is 16.5. The summed E-state index contributed by atoms with van der Waals surface area (Å²) < 4.78 is 5.01. The topological polar surface area (TPSA) is 61.7 Å². The van der Waals surface area contributed by atoms with Crippen molar-refractivity contribution in [3.8, 4) is 11.5 Å². The molecular weight excluding hydrogens is 194 g/mol. The maximum atomic E-state index is 9.83. The molecule has 0 aliphatic rings. The van der Waals surface area contributed by atoms with Gasteiger partial charge in [0.1, 0.15) is 0 Å². The first-order chi connectivity index (χ1) is 7.20. The fourth-order valence-corrected chi connectivity index (χ4v) is 1.44. The minimum absolute atomic E-state index is 0.0211. The summed E-state index contributed by atoms with van der Waals surface area (Å²) in [5, 5.41) is 21.6. The smallest absolute Gasteiger partial charge is 0.162 e. The zero-order chi connectivity index (χ0) is 11.3. The van der Waals surface area contributed by atoms with Gasteiger partial charge in [-0.3, -0.25) is 0 Å². The van der Waals surface area contributed by atoms with Crippen LogP contribution in [0.1, 0.15) is 18.5 Å². The van der Waals surface area contributed by atoms with Crippen LogP contribution in [-0.2, 0) is 0 Å². The number of aliphatic hydroxyl groups is 1. The molecule has 0 aliphatic carbocycles. The summed E-state index contributed by atoms with van der Waals surface area (Å²) in [7, 11) is 1.52. The average Bonchev–Trinajstić information content (AvgIpc) is 2.26. The van der Waals surface area contributed by atoms with E-state index in [9.17, 15) is 5.11 Å². The minimum atomic E-state index is -0.0211. The monoisotopic (exact) mass is 211 g/mol. The highest BCUT2D eigenvalue weighted by Crippen LogP contribution is 2.32. The zero-order valence-electron chi connectivity index (χ0n) is 9.03. The molecule has 0 amide bonds. The maximum absolute atomic E-state index is 9.83. The van der Waals surface area contributed by atoms with Crippen molar-refractivity contribution in [1.82, 2.24) is 5.32 Å². The van der Waals surface area contributed by atoms with Gasteiger partial charge in [0.2, 0.25) is 0 Å². The summed E-state index contributed by atoms with van der Waals surface area (Å²) in [6.07, 6.45) is 0. The lowest BCUT2D eigenvalue weighted by molar-refractivity contribution is 0.285. The summed E-state index contributed by atoms with van der Waals surface area (Å²) in [6, 6.07) is 5.34. The van der Waals surface area contributed by atoms with Crippen molar-refractivity contribution in [2.45, 2.75) is 13.0 Å². The van der Waals surface area contributed by atoms with E-state index in [1.165, 1.54) is 7.11 Å². The lowest BCUT2D eigenvalue weighted by atomic mass is 10.1. The summed E-state index contributed by atoms with van der Waals surface area (Å²) in [6.45, 7) is 2.50. The summed E-state index contributed by atoms with van der Waals surface area (Å²) in [5.74, 6) is 0.614. The number of phenolic OH excluding ortho intramolecular Hbond substituents is 1. The normalized spacial score (nSPS) is 12.5. The minimum Gasteiger partial charge on any atom is -0.504 e. The molecule has 1 aromatic carbocycles. The first-order valence-corrected chi connectivity index (χ1v) is 4.90. The Morgan fingerprint density at radius 1 is 1.47 bits per heavy atom. The molecule has 0 fully saturated rings. The quantitative estimate of drug-likeness (QED) is 0.681. The van der Waals surface area contributed by atoms with Crippen molar-refractivity contribution in [2.24, 2.45) is 0 Å². The van der Waals surface area contributed by atoms with Crippen molar-refractivity contribution in [1.29, 1.82) is 0 Å². The van der Waals surface area contributed by atoms with Gasteiger partial charge in [0.25, 0.3) is 0 Å². The molecule has 0 heterocycles. The molecule has 1 unspecified atom stereocenters. The van der Waals surface area contributed by atoms with Gasteiger partial charge in [-0.2, -0.15) is 0 Å². The van der Waals surface area contributed by atoms with Crippen LogP contribution in [0, 0.1) is 0 Å². The Morgan fingerprint density at radius 3 is 2.80 bits per heavy atom. The second-order valence-corrected chi connectivity index (χ2v) is 3.30. The van der Waals surface area contributed by atoms with Crippen molar-refractivity contribution >= 4 is 0 Å². The molecule has 4 nitrogen and oxygen atoms in total. The molecule has 1 rings (SSSR count). The van der Waals surface area contributed by atoms with E-state index in [1.54, 1.807) is 6.07 Å². The maximum Gasteiger partial charge on any atom is 0.162 e. The van der Waals surface area contributed by atoms with Gasteiger partial charge in [0.15, 0.2) is 11.5 Å². The fraction of sp³-hybridized carbons (Fsp3) is 0.455. The van der Waals surface area contributed by atoms with E-state index in [-0.39, 0.29) is 18.4 Å². The first kappa shape index (κ1) is 11.8. The summed E-state index contributed by atoms with van der Waals surface area (Å²) in [4.78, 5) is 0. The van der Waals surface area contributed by atoms with Crippen LogP contribution in [0.25, 0.3) is 0 Å².